The Morgan fingerprint density at radius 3 is 2.44 bits per heavy atom. The molecule has 2 aliphatic rings. The second-order valence-corrected chi connectivity index (χ2v) is 7.48. The van der Waals surface area contributed by atoms with Gasteiger partial charge >= 0.3 is 0 Å². The molecular weight excluding hydrogens is 340 g/mol. The lowest BCUT2D eigenvalue weighted by Crippen LogP contribution is -2.44. The average molecular weight is 366 g/mol. The number of piperazine rings is 1. The predicted molar refractivity (Wildman–Crippen MR) is 109 cm³/mol. The predicted octanol–water partition coefficient (Wildman–Crippen LogP) is 3.69. The van der Waals surface area contributed by atoms with Crippen molar-refractivity contribution in [3.63, 3.8) is 0 Å². The van der Waals surface area contributed by atoms with Crippen LogP contribution in [0, 0.1) is 10.1 Å². The number of likely N-dealkylation sites (N-methyl/N-ethyl adjacent to an activating group) is 1. The summed E-state index contributed by atoms with van der Waals surface area (Å²) >= 11 is 0. The van der Waals surface area contributed by atoms with Crippen LogP contribution in [0.3, 0.4) is 0 Å². The molecule has 2 aliphatic heterocycles. The van der Waals surface area contributed by atoms with E-state index in [-0.39, 0.29) is 16.7 Å². The second kappa shape index (κ2) is 7.56. The Bertz CT molecular complexity index is 803. The van der Waals surface area contributed by atoms with Gasteiger partial charge in [-0.3, -0.25) is 10.1 Å². The normalized spacial score (nSPS) is 20.9. The number of hydrogen-bond acceptors (Lipinski definition) is 5. The molecule has 0 aliphatic carbocycles. The van der Waals surface area contributed by atoms with Crippen molar-refractivity contribution >= 4 is 17.1 Å². The van der Waals surface area contributed by atoms with Gasteiger partial charge in [-0.15, -0.1) is 0 Å². The molecule has 0 bridgehead atoms. The third-order valence-corrected chi connectivity index (χ3v) is 5.77. The molecule has 2 aromatic rings. The second-order valence-electron chi connectivity index (χ2n) is 7.48. The smallest absolute Gasteiger partial charge is 0.292 e. The van der Waals surface area contributed by atoms with E-state index >= 15 is 0 Å². The number of nitrogens with zero attached hydrogens (tertiary/aromatic N) is 4. The van der Waals surface area contributed by atoms with Crippen molar-refractivity contribution in [2.24, 2.45) is 0 Å². The van der Waals surface area contributed by atoms with Crippen LogP contribution >= 0.6 is 0 Å². The molecule has 6 heteroatoms. The zero-order chi connectivity index (χ0) is 18.8. The van der Waals surface area contributed by atoms with E-state index in [1.165, 1.54) is 5.56 Å². The molecule has 0 N–H and O–H groups in total. The van der Waals surface area contributed by atoms with Gasteiger partial charge in [-0.05, 0) is 37.6 Å². The lowest BCUT2D eigenvalue weighted by atomic mass is 10.0. The van der Waals surface area contributed by atoms with Gasteiger partial charge in [0.15, 0.2) is 0 Å². The summed E-state index contributed by atoms with van der Waals surface area (Å²) in [5, 5.41) is 11.7. The summed E-state index contributed by atoms with van der Waals surface area (Å²) in [6.45, 7) is 4.80. The number of nitro benzene ring substituents is 1. The summed E-state index contributed by atoms with van der Waals surface area (Å²) in [4.78, 5) is 18.3. The summed E-state index contributed by atoms with van der Waals surface area (Å²) in [5.74, 6) is 0. The molecular formula is C21H26N4O2. The van der Waals surface area contributed by atoms with Gasteiger partial charge in [0.1, 0.15) is 5.69 Å². The van der Waals surface area contributed by atoms with E-state index in [9.17, 15) is 10.1 Å². The Hall–Kier alpha value is -2.60. The van der Waals surface area contributed by atoms with Crippen LogP contribution in [0.1, 0.15) is 24.4 Å². The SMILES string of the molecule is CN1CCN(c2ccc([N+](=O)[O-])c(N3CCCC3c3ccccc3)c2)CC1. The minimum absolute atomic E-state index is 0.202. The summed E-state index contributed by atoms with van der Waals surface area (Å²) in [6, 6.07) is 16.2. The van der Waals surface area contributed by atoms with E-state index < -0.39 is 0 Å². The van der Waals surface area contributed by atoms with E-state index in [4.69, 9.17) is 0 Å². The monoisotopic (exact) mass is 366 g/mol. The van der Waals surface area contributed by atoms with Crippen molar-refractivity contribution in [2.75, 3.05) is 49.6 Å². The maximum Gasteiger partial charge on any atom is 0.292 e. The van der Waals surface area contributed by atoms with Gasteiger partial charge in [-0.1, -0.05) is 30.3 Å². The molecule has 1 atom stereocenters. The average Bonchev–Trinajstić information content (AvgIpc) is 3.18. The Morgan fingerprint density at radius 1 is 1.00 bits per heavy atom. The molecule has 2 aromatic carbocycles. The number of benzene rings is 2. The first-order valence-electron chi connectivity index (χ1n) is 9.67. The van der Waals surface area contributed by atoms with Crippen LogP contribution in [0.2, 0.25) is 0 Å². The van der Waals surface area contributed by atoms with Gasteiger partial charge in [0.2, 0.25) is 0 Å². The topological polar surface area (TPSA) is 52.9 Å². The summed E-state index contributed by atoms with van der Waals surface area (Å²) in [5.41, 5.74) is 3.27. The van der Waals surface area contributed by atoms with E-state index in [0.29, 0.717) is 0 Å². The molecule has 0 saturated carbocycles. The Labute approximate surface area is 160 Å². The highest BCUT2D eigenvalue weighted by Gasteiger charge is 2.31. The van der Waals surface area contributed by atoms with Gasteiger partial charge < -0.3 is 14.7 Å². The number of nitro groups is 1. The minimum Gasteiger partial charge on any atom is -0.369 e. The summed E-state index contributed by atoms with van der Waals surface area (Å²) in [6.07, 6.45) is 2.08. The Balaban J connectivity index is 1.69. The zero-order valence-electron chi connectivity index (χ0n) is 15.8. The molecule has 4 rings (SSSR count). The molecule has 0 amide bonds. The first kappa shape index (κ1) is 17.8. The van der Waals surface area contributed by atoms with Crippen LogP contribution in [0.15, 0.2) is 48.5 Å². The quantitative estimate of drug-likeness (QED) is 0.610. The van der Waals surface area contributed by atoms with Crippen LogP contribution in [0.4, 0.5) is 17.1 Å². The highest BCUT2D eigenvalue weighted by atomic mass is 16.6. The third-order valence-electron chi connectivity index (χ3n) is 5.77. The largest absolute Gasteiger partial charge is 0.369 e. The zero-order valence-corrected chi connectivity index (χ0v) is 15.8. The molecule has 27 heavy (non-hydrogen) atoms. The third kappa shape index (κ3) is 3.62. The number of hydrogen-bond donors (Lipinski definition) is 0. The molecule has 0 radical (unpaired) electrons. The lowest BCUT2D eigenvalue weighted by molar-refractivity contribution is -0.384. The van der Waals surface area contributed by atoms with Crippen molar-refractivity contribution < 1.29 is 4.92 Å². The molecule has 142 valence electrons. The van der Waals surface area contributed by atoms with E-state index in [2.05, 4.69) is 33.9 Å². The van der Waals surface area contributed by atoms with Crippen molar-refractivity contribution in [3.8, 4) is 0 Å². The van der Waals surface area contributed by atoms with Crippen LogP contribution in [0.5, 0.6) is 0 Å². The molecule has 6 nitrogen and oxygen atoms in total. The summed E-state index contributed by atoms with van der Waals surface area (Å²) in [7, 11) is 2.13. The number of anilines is 2. The van der Waals surface area contributed by atoms with Crippen molar-refractivity contribution in [3.05, 3.63) is 64.2 Å². The van der Waals surface area contributed by atoms with Gasteiger partial charge in [0.25, 0.3) is 5.69 Å². The first-order chi connectivity index (χ1) is 13.1. The van der Waals surface area contributed by atoms with Crippen LogP contribution in [-0.2, 0) is 0 Å². The van der Waals surface area contributed by atoms with Gasteiger partial charge in [0.05, 0.1) is 11.0 Å². The van der Waals surface area contributed by atoms with Gasteiger partial charge in [-0.2, -0.15) is 0 Å². The molecule has 0 spiro atoms. The fourth-order valence-electron chi connectivity index (χ4n) is 4.23. The Kier molecular flexibility index (Phi) is 4.99. The van der Waals surface area contributed by atoms with Gasteiger partial charge in [0, 0.05) is 44.5 Å². The van der Waals surface area contributed by atoms with Crippen molar-refractivity contribution in [1.29, 1.82) is 0 Å². The fourth-order valence-corrected chi connectivity index (χ4v) is 4.23. The van der Waals surface area contributed by atoms with Crippen LogP contribution < -0.4 is 9.80 Å². The highest BCUT2D eigenvalue weighted by molar-refractivity contribution is 5.71. The van der Waals surface area contributed by atoms with E-state index in [1.807, 2.05) is 30.3 Å². The Morgan fingerprint density at radius 2 is 1.74 bits per heavy atom. The van der Waals surface area contributed by atoms with Crippen LogP contribution in [0.25, 0.3) is 0 Å². The maximum absolute atomic E-state index is 11.7. The molecule has 2 fully saturated rings. The molecule has 2 heterocycles. The fraction of sp³-hybridized carbons (Fsp3) is 0.429. The van der Waals surface area contributed by atoms with E-state index in [0.717, 1.165) is 56.9 Å². The highest BCUT2D eigenvalue weighted by Crippen LogP contribution is 2.42. The van der Waals surface area contributed by atoms with Crippen molar-refractivity contribution in [1.82, 2.24) is 4.90 Å². The van der Waals surface area contributed by atoms with Gasteiger partial charge in [-0.25, -0.2) is 0 Å². The number of rotatable bonds is 4. The molecule has 2 saturated heterocycles. The molecule has 0 aromatic heterocycles. The molecule has 1 unspecified atom stereocenters. The lowest BCUT2D eigenvalue weighted by Gasteiger charge is -2.35. The first-order valence-corrected chi connectivity index (χ1v) is 9.67. The van der Waals surface area contributed by atoms with Crippen molar-refractivity contribution in [2.45, 2.75) is 18.9 Å². The summed E-state index contributed by atoms with van der Waals surface area (Å²) < 4.78 is 0. The van der Waals surface area contributed by atoms with Crippen LogP contribution in [-0.4, -0.2) is 49.6 Å². The minimum atomic E-state index is -0.247. The standard InChI is InChI=1S/C21H26N4O2/c1-22-12-14-23(15-13-22)18-9-10-20(25(26)27)21(16-18)24-11-5-8-19(24)17-6-3-2-4-7-17/h2-4,6-7,9-10,16,19H,5,8,11-15H2,1H3. The van der Waals surface area contributed by atoms with E-state index in [1.54, 1.807) is 6.07 Å². The maximum atomic E-state index is 11.7.